The monoisotopic (exact) mass is 287 g/mol. The highest BCUT2D eigenvalue weighted by Crippen LogP contribution is 2.32. The highest BCUT2D eigenvalue weighted by Gasteiger charge is 2.16. The lowest BCUT2D eigenvalue weighted by Crippen LogP contribution is -2.19. The Morgan fingerprint density at radius 1 is 1.10 bits per heavy atom. The minimum absolute atomic E-state index is 0.0112. The molecule has 2 rings (SSSR count). The molecule has 0 saturated carbocycles. The third kappa shape index (κ3) is 3.70. The molecule has 5 heteroatoms. The van der Waals surface area contributed by atoms with Gasteiger partial charge in [-0.25, -0.2) is 9.97 Å². The molecule has 0 radical (unpaired) electrons. The summed E-state index contributed by atoms with van der Waals surface area (Å²) in [5.41, 5.74) is 1.99. The van der Waals surface area contributed by atoms with Crippen molar-refractivity contribution in [3.63, 3.8) is 0 Å². The quantitative estimate of drug-likeness (QED) is 0.848. The molecule has 0 bridgehead atoms. The molecular formula is C16H21N3O2. The Morgan fingerprint density at radius 2 is 1.86 bits per heavy atom. The van der Waals surface area contributed by atoms with Gasteiger partial charge in [0.05, 0.1) is 24.9 Å². The van der Waals surface area contributed by atoms with E-state index in [-0.39, 0.29) is 6.04 Å². The highest BCUT2D eigenvalue weighted by atomic mass is 16.5. The Bertz CT molecular complexity index is 561. The minimum atomic E-state index is -0.0112. The van der Waals surface area contributed by atoms with Gasteiger partial charge >= 0.3 is 0 Å². The number of nitrogens with zero attached hydrogens (tertiary/aromatic N) is 2. The Hall–Kier alpha value is -2.14. The van der Waals surface area contributed by atoms with Crippen LogP contribution in [-0.2, 0) is 0 Å². The fourth-order valence-corrected chi connectivity index (χ4v) is 2.20. The number of ether oxygens (including phenoxy) is 2. The van der Waals surface area contributed by atoms with Crippen molar-refractivity contribution in [2.45, 2.75) is 19.9 Å². The number of benzene rings is 1. The van der Waals surface area contributed by atoms with Crippen molar-refractivity contribution in [3.8, 4) is 11.5 Å². The van der Waals surface area contributed by atoms with E-state index in [0.29, 0.717) is 13.2 Å². The summed E-state index contributed by atoms with van der Waals surface area (Å²) >= 11 is 0. The molecule has 0 spiro atoms. The normalized spacial score (nSPS) is 12.0. The van der Waals surface area contributed by atoms with E-state index in [1.54, 1.807) is 12.5 Å². The third-order valence-electron chi connectivity index (χ3n) is 3.09. The van der Waals surface area contributed by atoms with Gasteiger partial charge in [0.15, 0.2) is 11.5 Å². The molecule has 21 heavy (non-hydrogen) atoms. The Kier molecular flexibility index (Phi) is 5.51. The average molecular weight is 287 g/mol. The van der Waals surface area contributed by atoms with Crippen LogP contribution in [0.15, 0.2) is 36.8 Å². The molecule has 1 unspecified atom stereocenters. The van der Waals surface area contributed by atoms with E-state index in [2.05, 4.69) is 15.3 Å². The fraction of sp³-hybridized carbons (Fsp3) is 0.375. The van der Waals surface area contributed by atoms with Crippen LogP contribution in [0.2, 0.25) is 0 Å². The Morgan fingerprint density at radius 3 is 2.48 bits per heavy atom. The van der Waals surface area contributed by atoms with Crippen LogP contribution in [0.1, 0.15) is 31.1 Å². The van der Waals surface area contributed by atoms with Crippen LogP contribution in [0, 0.1) is 0 Å². The molecule has 0 aliphatic rings. The van der Waals surface area contributed by atoms with E-state index in [1.165, 1.54) is 0 Å². The van der Waals surface area contributed by atoms with Gasteiger partial charge in [-0.3, -0.25) is 0 Å². The standard InChI is InChI=1S/C16H21N3O2/c1-4-20-14-7-6-12(10-15(14)21-5-2)16(17-3)13-8-9-18-11-19-13/h6-11,16-17H,4-5H2,1-3H3. The summed E-state index contributed by atoms with van der Waals surface area (Å²) in [6, 6.07) is 7.85. The summed E-state index contributed by atoms with van der Waals surface area (Å²) in [7, 11) is 1.91. The zero-order chi connectivity index (χ0) is 15.1. The summed E-state index contributed by atoms with van der Waals surface area (Å²) < 4.78 is 11.3. The minimum Gasteiger partial charge on any atom is -0.490 e. The number of nitrogens with one attached hydrogen (secondary N) is 1. The lowest BCUT2D eigenvalue weighted by molar-refractivity contribution is 0.287. The zero-order valence-electron chi connectivity index (χ0n) is 12.7. The van der Waals surface area contributed by atoms with Gasteiger partial charge in [0.2, 0.25) is 0 Å². The molecule has 1 N–H and O–H groups in total. The largest absolute Gasteiger partial charge is 0.490 e. The maximum atomic E-state index is 5.68. The first-order valence-corrected chi connectivity index (χ1v) is 7.12. The van der Waals surface area contributed by atoms with Gasteiger partial charge in [-0.15, -0.1) is 0 Å². The first kappa shape index (κ1) is 15.3. The molecular weight excluding hydrogens is 266 g/mol. The topological polar surface area (TPSA) is 56.3 Å². The van der Waals surface area contributed by atoms with Crippen molar-refractivity contribution in [2.75, 3.05) is 20.3 Å². The molecule has 0 amide bonds. The van der Waals surface area contributed by atoms with Gasteiger partial charge in [0.25, 0.3) is 0 Å². The lowest BCUT2D eigenvalue weighted by atomic mass is 10.0. The van der Waals surface area contributed by atoms with E-state index < -0.39 is 0 Å². The van der Waals surface area contributed by atoms with Crippen LogP contribution >= 0.6 is 0 Å². The van der Waals surface area contributed by atoms with Crippen LogP contribution in [0.25, 0.3) is 0 Å². The van der Waals surface area contributed by atoms with Gasteiger partial charge in [-0.2, -0.15) is 0 Å². The maximum absolute atomic E-state index is 5.68. The molecule has 1 aromatic carbocycles. The van der Waals surface area contributed by atoms with Gasteiger partial charge in [-0.1, -0.05) is 6.07 Å². The SMILES string of the molecule is CCOc1ccc(C(NC)c2ccncn2)cc1OCC. The van der Waals surface area contributed by atoms with Crippen LogP contribution < -0.4 is 14.8 Å². The van der Waals surface area contributed by atoms with Crippen molar-refractivity contribution in [3.05, 3.63) is 48.0 Å². The van der Waals surface area contributed by atoms with E-state index in [9.17, 15) is 0 Å². The summed E-state index contributed by atoms with van der Waals surface area (Å²) in [5, 5.41) is 3.27. The molecule has 0 aliphatic carbocycles. The summed E-state index contributed by atoms with van der Waals surface area (Å²) in [6.07, 6.45) is 3.29. The molecule has 2 aromatic rings. The van der Waals surface area contributed by atoms with Gasteiger partial charge in [-0.05, 0) is 44.7 Å². The Balaban J connectivity index is 2.35. The van der Waals surface area contributed by atoms with Crippen molar-refractivity contribution < 1.29 is 9.47 Å². The number of aromatic nitrogens is 2. The van der Waals surface area contributed by atoms with Gasteiger partial charge in [0, 0.05) is 6.20 Å². The Labute approximate surface area is 125 Å². The summed E-state index contributed by atoms with van der Waals surface area (Å²) in [6.45, 7) is 5.13. The number of hydrogen-bond donors (Lipinski definition) is 1. The summed E-state index contributed by atoms with van der Waals surface area (Å²) in [5.74, 6) is 1.52. The molecule has 0 fully saturated rings. The van der Waals surface area contributed by atoms with Crippen LogP contribution in [0.5, 0.6) is 11.5 Å². The van der Waals surface area contributed by atoms with Crippen molar-refractivity contribution in [1.29, 1.82) is 0 Å². The van der Waals surface area contributed by atoms with Crippen molar-refractivity contribution in [2.24, 2.45) is 0 Å². The molecule has 0 saturated heterocycles. The fourth-order valence-electron chi connectivity index (χ4n) is 2.20. The second-order valence-corrected chi connectivity index (χ2v) is 4.43. The first-order valence-electron chi connectivity index (χ1n) is 7.12. The highest BCUT2D eigenvalue weighted by molar-refractivity contribution is 5.45. The van der Waals surface area contributed by atoms with Crippen LogP contribution in [-0.4, -0.2) is 30.2 Å². The van der Waals surface area contributed by atoms with Crippen LogP contribution in [0.4, 0.5) is 0 Å². The molecule has 1 atom stereocenters. The van der Waals surface area contributed by atoms with Crippen molar-refractivity contribution in [1.82, 2.24) is 15.3 Å². The molecule has 112 valence electrons. The second-order valence-electron chi connectivity index (χ2n) is 4.43. The lowest BCUT2D eigenvalue weighted by Gasteiger charge is -2.18. The third-order valence-corrected chi connectivity index (χ3v) is 3.09. The number of hydrogen-bond acceptors (Lipinski definition) is 5. The van der Waals surface area contributed by atoms with E-state index in [4.69, 9.17) is 9.47 Å². The van der Waals surface area contributed by atoms with Crippen molar-refractivity contribution >= 4 is 0 Å². The molecule has 1 heterocycles. The molecule has 5 nitrogen and oxygen atoms in total. The van der Waals surface area contributed by atoms with Crippen LogP contribution in [0.3, 0.4) is 0 Å². The zero-order valence-corrected chi connectivity index (χ0v) is 12.7. The molecule has 1 aromatic heterocycles. The predicted molar refractivity (Wildman–Crippen MR) is 81.7 cm³/mol. The predicted octanol–water partition coefficient (Wildman–Crippen LogP) is 2.58. The summed E-state index contributed by atoms with van der Waals surface area (Å²) in [4.78, 5) is 8.27. The maximum Gasteiger partial charge on any atom is 0.161 e. The van der Waals surface area contributed by atoms with E-state index in [0.717, 1.165) is 22.8 Å². The average Bonchev–Trinajstić information content (AvgIpc) is 2.52. The van der Waals surface area contributed by atoms with Gasteiger partial charge < -0.3 is 14.8 Å². The first-order chi connectivity index (χ1) is 10.3. The smallest absolute Gasteiger partial charge is 0.161 e. The number of rotatable bonds is 7. The van der Waals surface area contributed by atoms with E-state index in [1.807, 2.05) is 45.2 Å². The van der Waals surface area contributed by atoms with E-state index >= 15 is 0 Å². The second kappa shape index (κ2) is 7.59. The molecule has 0 aliphatic heterocycles. The van der Waals surface area contributed by atoms with Gasteiger partial charge in [0.1, 0.15) is 6.33 Å².